The molecule has 4 nitrogen and oxygen atoms in total. The van der Waals surface area contributed by atoms with Crippen LogP contribution in [0.3, 0.4) is 0 Å². The Hall–Kier alpha value is -1.08. The Labute approximate surface area is 123 Å². The fourth-order valence-electron chi connectivity index (χ4n) is 2.41. The van der Waals surface area contributed by atoms with E-state index in [1.54, 1.807) is 0 Å². The summed E-state index contributed by atoms with van der Waals surface area (Å²) in [6.07, 6.45) is -2.18. The zero-order valence-corrected chi connectivity index (χ0v) is 12.8. The molecule has 0 aliphatic rings. The lowest BCUT2D eigenvalue weighted by molar-refractivity contribution is -0.174. The molecule has 7 heteroatoms. The van der Waals surface area contributed by atoms with Crippen molar-refractivity contribution in [2.24, 2.45) is 5.73 Å². The summed E-state index contributed by atoms with van der Waals surface area (Å²) in [7, 11) is 0. The predicted octanol–water partition coefficient (Wildman–Crippen LogP) is 3.00. The van der Waals surface area contributed by atoms with E-state index in [1.165, 1.54) is 0 Å². The summed E-state index contributed by atoms with van der Waals surface area (Å²) in [5.41, 5.74) is 9.10. The van der Waals surface area contributed by atoms with Crippen LogP contribution in [-0.2, 0) is 24.1 Å². The Kier molecular flexibility index (Phi) is 6.67. The summed E-state index contributed by atoms with van der Waals surface area (Å²) in [5, 5.41) is 4.53. The summed E-state index contributed by atoms with van der Waals surface area (Å²) in [6, 6.07) is -0.0925. The van der Waals surface area contributed by atoms with Crippen molar-refractivity contribution in [2.45, 2.75) is 58.8 Å². The Balaban J connectivity index is 2.63. The highest BCUT2D eigenvalue weighted by atomic mass is 19.4. The molecular formula is C14H24F3N3O. The molecule has 0 amide bonds. The molecule has 1 atom stereocenters. The number of halogens is 3. The Morgan fingerprint density at radius 3 is 2.43 bits per heavy atom. The van der Waals surface area contributed by atoms with Crippen molar-refractivity contribution in [2.75, 3.05) is 13.2 Å². The number of aryl methyl sites for hydroxylation is 2. The molecule has 0 aromatic carbocycles. The second-order valence-corrected chi connectivity index (χ2v) is 5.05. The number of nitrogens with two attached hydrogens (primary N) is 1. The van der Waals surface area contributed by atoms with Gasteiger partial charge in [0.1, 0.15) is 6.61 Å². The molecule has 21 heavy (non-hydrogen) atoms. The number of hydrogen-bond acceptors (Lipinski definition) is 3. The van der Waals surface area contributed by atoms with Crippen LogP contribution in [0.25, 0.3) is 0 Å². The van der Waals surface area contributed by atoms with Crippen LogP contribution in [0.15, 0.2) is 0 Å². The largest absolute Gasteiger partial charge is 0.411 e. The van der Waals surface area contributed by atoms with Gasteiger partial charge in [-0.15, -0.1) is 0 Å². The van der Waals surface area contributed by atoms with Crippen LogP contribution in [0.2, 0.25) is 0 Å². The number of ether oxygens (including phenoxy) is 1. The highest BCUT2D eigenvalue weighted by molar-refractivity contribution is 5.29. The van der Waals surface area contributed by atoms with Crippen LogP contribution < -0.4 is 5.73 Å². The van der Waals surface area contributed by atoms with Gasteiger partial charge in [-0.1, -0.05) is 13.8 Å². The Morgan fingerprint density at radius 1 is 1.29 bits per heavy atom. The van der Waals surface area contributed by atoms with Gasteiger partial charge < -0.3 is 10.5 Å². The van der Waals surface area contributed by atoms with E-state index in [9.17, 15) is 13.2 Å². The van der Waals surface area contributed by atoms with Crippen LogP contribution in [0.1, 0.15) is 50.2 Å². The second-order valence-electron chi connectivity index (χ2n) is 5.05. The average molecular weight is 307 g/mol. The minimum absolute atomic E-state index is 0.0670. The van der Waals surface area contributed by atoms with E-state index >= 15 is 0 Å². The normalized spacial score (nSPS) is 13.7. The van der Waals surface area contributed by atoms with Gasteiger partial charge in [0.25, 0.3) is 0 Å². The van der Waals surface area contributed by atoms with Gasteiger partial charge in [-0.25, -0.2) is 0 Å². The lowest BCUT2D eigenvalue weighted by atomic mass is 10.0. The first-order valence-corrected chi connectivity index (χ1v) is 7.28. The van der Waals surface area contributed by atoms with Crippen molar-refractivity contribution in [3.05, 3.63) is 17.0 Å². The second kappa shape index (κ2) is 7.79. The first-order valence-electron chi connectivity index (χ1n) is 7.28. The van der Waals surface area contributed by atoms with Crippen LogP contribution >= 0.6 is 0 Å². The van der Waals surface area contributed by atoms with Crippen LogP contribution in [0.4, 0.5) is 13.2 Å². The highest BCUT2D eigenvalue weighted by Gasteiger charge is 2.27. The third-order valence-corrected chi connectivity index (χ3v) is 3.22. The molecule has 0 fully saturated rings. The molecule has 1 aromatic heterocycles. The van der Waals surface area contributed by atoms with Crippen LogP contribution in [0, 0.1) is 0 Å². The molecule has 1 heterocycles. The highest BCUT2D eigenvalue weighted by Crippen LogP contribution is 2.22. The van der Waals surface area contributed by atoms with E-state index in [-0.39, 0.29) is 12.6 Å². The van der Waals surface area contributed by atoms with Crippen molar-refractivity contribution >= 4 is 0 Å². The molecule has 1 aromatic rings. The van der Waals surface area contributed by atoms with Gasteiger partial charge in [0.2, 0.25) is 0 Å². The van der Waals surface area contributed by atoms with E-state index in [4.69, 9.17) is 5.73 Å². The minimum Gasteiger partial charge on any atom is -0.372 e. The van der Waals surface area contributed by atoms with E-state index in [0.29, 0.717) is 13.0 Å². The molecule has 122 valence electrons. The summed E-state index contributed by atoms with van der Waals surface area (Å²) < 4.78 is 42.3. The lowest BCUT2D eigenvalue weighted by Gasteiger charge is -2.11. The molecule has 0 saturated heterocycles. The molecular weight excluding hydrogens is 283 g/mol. The third-order valence-electron chi connectivity index (χ3n) is 3.22. The van der Waals surface area contributed by atoms with Crippen LogP contribution in [0.5, 0.6) is 0 Å². The number of alkyl halides is 3. The fourth-order valence-corrected chi connectivity index (χ4v) is 2.41. The van der Waals surface area contributed by atoms with E-state index in [2.05, 4.69) is 9.84 Å². The quantitative estimate of drug-likeness (QED) is 0.751. The van der Waals surface area contributed by atoms with Crippen molar-refractivity contribution in [3.63, 3.8) is 0 Å². The number of rotatable bonds is 8. The monoisotopic (exact) mass is 307 g/mol. The summed E-state index contributed by atoms with van der Waals surface area (Å²) in [6.45, 7) is 5.38. The van der Waals surface area contributed by atoms with Gasteiger partial charge in [-0.3, -0.25) is 4.68 Å². The SMILES string of the molecule is CCc1nn(CCCOCC(F)(F)F)c(CC)c1C(C)N. The van der Waals surface area contributed by atoms with Gasteiger partial charge in [0, 0.05) is 30.5 Å². The fraction of sp³-hybridized carbons (Fsp3) is 0.786. The zero-order valence-electron chi connectivity index (χ0n) is 12.8. The molecule has 1 rings (SSSR count). The van der Waals surface area contributed by atoms with Gasteiger partial charge >= 0.3 is 6.18 Å². The zero-order chi connectivity index (χ0) is 16.0. The number of nitrogens with zero attached hydrogens (tertiary/aromatic N) is 2. The van der Waals surface area contributed by atoms with Gasteiger partial charge in [-0.05, 0) is 26.2 Å². The molecule has 0 saturated carbocycles. The summed E-state index contributed by atoms with van der Waals surface area (Å²) in [4.78, 5) is 0. The van der Waals surface area contributed by atoms with Crippen LogP contribution in [-0.4, -0.2) is 29.2 Å². The van der Waals surface area contributed by atoms with Crippen molar-refractivity contribution < 1.29 is 17.9 Å². The minimum atomic E-state index is -4.27. The molecule has 0 bridgehead atoms. The van der Waals surface area contributed by atoms with Gasteiger partial charge in [0.15, 0.2) is 0 Å². The van der Waals surface area contributed by atoms with Crippen molar-refractivity contribution in [3.8, 4) is 0 Å². The van der Waals surface area contributed by atoms with Gasteiger partial charge in [0.05, 0.1) is 5.69 Å². The molecule has 2 N–H and O–H groups in total. The number of hydrogen-bond donors (Lipinski definition) is 1. The van der Waals surface area contributed by atoms with E-state index < -0.39 is 12.8 Å². The molecule has 0 aliphatic heterocycles. The topological polar surface area (TPSA) is 53.1 Å². The van der Waals surface area contributed by atoms with Crippen molar-refractivity contribution in [1.29, 1.82) is 0 Å². The van der Waals surface area contributed by atoms with E-state index in [0.717, 1.165) is 29.8 Å². The average Bonchev–Trinajstić information content (AvgIpc) is 2.74. The molecule has 0 spiro atoms. The maximum atomic E-state index is 12.0. The predicted molar refractivity (Wildman–Crippen MR) is 75.1 cm³/mol. The first-order chi connectivity index (χ1) is 9.80. The van der Waals surface area contributed by atoms with Gasteiger partial charge in [-0.2, -0.15) is 18.3 Å². The number of aromatic nitrogens is 2. The molecule has 1 unspecified atom stereocenters. The first kappa shape index (κ1) is 18.0. The van der Waals surface area contributed by atoms with Crippen molar-refractivity contribution in [1.82, 2.24) is 9.78 Å². The Morgan fingerprint density at radius 2 is 1.95 bits per heavy atom. The summed E-state index contributed by atoms with van der Waals surface area (Å²) >= 11 is 0. The molecule has 0 aliphatic carbocycles. The maximum Gasteiger partial charge on any atom is 0.411 e. The third kappa shape index (κ3) is 5.32. The maximum absolute atomic E-state index is 12.0. The smallest absolute Gasteiger partial charge is 0.372 e. The molecule has 0 radical (unpaired) electrons. The summed E-state index contributed by atoms with van der Waals surface area (Å²) in [5.74, 6) is 0. The lowest BCUT2D eigenvalue weighted by Crippen LogP contribution is -2.18. The Bertz CT molecular complexity index is 441. The van der Waals surface area contributed by atoms with E-state index in [1.807, 2.05) is 25.5 Å². The standard InChI is InChI=1S/C14H24F3N3O/c1-4-11-13(10(3)18)12(5-2)20(19-11)7-6-8-21-9-14(15,16)17/h10H,4-9,18H2,1-3H3.